The average Bonchev–Trinajstić information content (AvgIpc) is 2.61. The Morgan fingerprint density at radius 3 is 2.48 bits per heavy atom. The van der Waals surface area contributed by atoms with Crippen LogP contribution < -0.4 is 15.2 Å². The van der Waals surface area contributed by atoms with Crippen LogP contribution in [0.2, 0.25) is 0 Å². The number of benzene rings is 2. The van der Waals surface area contributed by atoms with Crippen molar-refractivity contribution in [2.45, 2.75) is 17.9 Å². The van der Waals surface area contributed by atoms with Gasteiger partial charge in [-0.25, -0.2) is 17.6 Å². The van der Waals surface area contributed by atoms with E-state index in [1.165, 1.54) is 26.2 Å². The molecule has 8 nitrogen and oxygen atoms in total. The molecule has 0 heterocycles. The van der Waals surface area contributed by atoms with E-state index in [4.69, 9.17) is 15.2 Å². The number of hydrogen-bond acceptors (Lipinski definition) is 6. The Morgan fingerprint density at radius 2 is 1.85 bits per heavy atom. The minimum absolute atomic E-state index is 0.0923. The van der Waals surface area contributed by atoms with Gasteiger partial charge in [-0.3, -0.25) is 9.52 Å². The predicted octanol–water partition coefficient (Wildman–Crippen LogP) is 1.67. The zero-order chi connectivity index (χ0) is 20.2. The quantitative estimate of drug-likeness (QED) is 0.686. The third kappa shape index (κ3) is 4.73. The van der Waals surface area contributed by atoms with Crippen LogP contribution in [0, 0.1) is 5.82 Å². The number of nitrogens with one attached hydrogen (secondary N) is 1. The highest BCUT2D eigenvalue weighted by atomic mass is 32.2. The molecular formula is C17H17FN2O6S. The van der Waals surface area contributed by atoms with Gasteiger partial charge >= 0.3 is 5.97 Å². The Hall–Kier alpha value is -3.14. The number of para-hydroxylation sites is 2. The second-order valence-corrected chi connectivity index (χ2v) is 7.05. The smallest absolute Gasteiger partial charge is 0.338 e. The summed E-state index contributed by atoms with van der Waals surface area (Å²) in [6.45, 7) is 1.25. The van der Waals surface area contributed by atoms with Crippen molar-refractivity contribution in [2.75, 3.05) is 11.8 Å². The fourth-order valence-electron chi connectivity index (χ4n) is 2.05. The summed E-state index contributed by atoms with van der Waals surface area (Å²) in [7, 11) is -3.03. The number of methoxy groups -OCH3 is 1. The molecule has 0 saturated carbocycles. The minimum Gasteiger partial charge on any atom is -0.495 e. The molecule has 0 bridgehead atoms. The van der Waals surface area contributed by atoms with Crippen molar-refractivity contribution in [3.63, 3.8) is 0 Å². The summed E-state index contributed by atoms with van der Waals surface area (Å²) in [5, 5.41) is 0. The Labute approximate surface area is 155 Å². The molecule has 0 aliphatic carbocycles. The van der Waals surface area contributed by atoms with Crippen LogP contribution in [-0.4, -0.2) is 33.5 Å². The van der Waals surface area contributed by atoms with Crippen molar-refractivity contribution in [1.82, 2.24) is 0 Å². The second-order valence-electron chi connectivity index (χ2n) is 5.40. The number of amides is 1. The van der Waals surface area contributed by atoms with Crippen molar-refractivity contribution < 1.29 is 31.9 Å². The van der Waals surface area contributed by atoms with Gasteiger partial charge in [0.15, 0.2) is 6.10 Å². The summed E-state index contributed by atoms with van der Waals surface area (Å²) < 4.78 is 51.3. The Kier molecular flexibility index (Phi) is 6.01. The van der Waals surface area contributed by atoms with Gasteiger partial charge in [0.1, 0.15) is 16.5 Å². The number of halogens is 1. The number of carbonyl (C=O) groups is 2. The SMILES string of the molecule is COc1ccccc1NS(=O)(=O)c1cc(C(=O)O[C@@H](C)C(N)=O)ccc1F. The number of sulfonamides is 1. The van der Waals surface area contributed by atoms with E-state index in [2.05, 4.69) is 4.72 Å². The molecule has 1 atom stereocenters. The summed E-state index contributed by atoms with van der Waals surface area (Å²) >= 11 is 0. The van der Waals surface area contributed by atoms with Gasteiger partial charge in [-0.15, -0.1) is 0 Å². The van der Waals surface area contributed by atoms with Crippen molar-refractivity contribution in [3.05, 3.63) is 53.8 Å². The molecule has 0 aliphatic heterocycles. The van der Waals surface area contributed by atoms with Gasteiger partial charge < -0.3 is 15.2 Å². The van der Waals surface area contributed by atoms with E-state index in [0.717, 1.165) is 18.2 Å². The molecule has 3 N–H and O–H groups in total. The average molecular weight is 396 g/mol. The highest BCUT2D eigenvalue weighted by Crippen LogP contribution is 2.27. The number of carbonyl (C=O) groups excluding carboxylic acids is 2. The standard InChI is InChI=1S/C17H17FN2O6S/c1-10(16(19)21)26-17(22)11-7-8-12(18)15(9-11)27(23,24)20-13-5-3-4-6-14(13)25-2/h3-10,20H,1-2H3,(H2,19,21)/t10-/m0/s1. The number of anilines is 1. The largest absolute Gasteiger partial charge is 0.495 e. The molecule has 10 heteroatoms. The molecule has 0 aliphatic rings. The van der Waals surface area contributed by atoms with E-state index in [1.54, 1.807) is 12.1 Å². The Morgan fingerprint density at radius 1 is 1.19 bits per heavy atom. The van der Waals surface area contributed by atoms with Gasteiger partial charge in [0.2, 0.25) is 0 Å². The molecule has 2 aromatic rings. The summed E-state index contributed by atoms with van der Waals surface area (Å²) in [5.74, 6) is -2.74. The maximum absolute atomic E-state index is 14.1. The van der Waals surface area contributed by atoms with E-state index in [0.29, 0.717) is 0 Å². The van der Waals surface area contributed by atoms with Crippen LogP contribution in [0.25, 0.3) is 0 Å². The van der Waals surface area contributed by atoms with Crippen molar-refractivity contribution in [1.29, 1.82) is 0 Å². The van der Waals surface area contributed by atoms with Crippen LogP contribution in [-0.2, 0) is 19.6 Å². The Bertz CT molecular complexity index is 977. The predicted molar refractivity (Wildman–Crippen MR) is 94.3 cm³/mol. The summed E-state index contributed by atoms with van der Waals surface area (Å²) in [6, 6.07) is 8.80. The van der Waals surface area contributed by atoms with E-state index >= 15 is 0 Å². The third-order valence-corrected chi connectivity index (χ3v) is 4.87. The van der Waals surface area contributed by atoms with E-state index < -0.39 is 38.7 Å². The van der Waals surface area contributed by atoms with Crippen molar-refractivity contribution in [3.8, 4) is 5.75 Å². The van der Waals surface area contributed by atoms with Crippen LogP contribution in [0.1, 0.15) is 17.3 Å². The lowest BCUT2D eigenvalue weighted by Gasteiger charge is -2.13. The first-order valence-corrected chi connectivity index (χ1v) is 9.09. The topological polar surface area (TPSA) is 125 Å². The number of hydrogen-bond donors (Lipinski definition) is 2. The first-order chi connectivity index (χ1) is 12.7. The van der Waals surface area contributed by atoms with Crippen molar-refractivity contribution >= 4 is 27.6 Å². The van der Waals surface area contributed by atoms with Crippen LogP contribution in [0.15, 0.2) is 47.4 Å². The molecule has 0 saturated heterocycles. The van der Waals surface area contributed by atoms with Crippen LogP contribution in [0.3, 0.4) is 0 Å². The molecular weight excluding hydrogens is 379 g/mol. The van der Waals surface area contributed by atoms with Gasteiger partial charge in [0, 0.05) is 0 Å². The normalized spacial score (nSPS) is 12.1. The summed E-state index contributed by atoms with van der Waals surface area (Å²) in [6.07, 6.45) is -1.23. The maximum atomic E-state index is 14.1. The van der Waals surface area contributed by atoms with Gasteiger partial charge in [-0.2, -0.15) is 0 Å². The molecule has 0 unspecified atom stereocenters. The van der Waals surface area contributed by atoms with Gasteiger partial charge in [0.05, 0.1) is 18.4 Å². The highest BCUT2D eigenvalue weighted by molar-refractivity contribution is 7.92. The summed E-state index contributed by atoms with van der Waals surface area (Å²) in [4.78, 5) is 22.2. The molecule has 2 aromatic carbocycles. The van der Waals surface area contributed by atoms with Gasteiger partial charge in [-0.1, -0.05) is 12.1 Å². The first kappa shape index (κ1) is 20.2. The monoisotopic (exact) mass is 396 g/mol. The molecule has 0 aromatic heterocycles. The maximum Gasteiger partial charge on any atom is 0.338 e. The van der Waals surface area contributed by atoms with Crippen LogP contribution >= 0.6 is 0 Å². The summed E-state index contributed by atoms with van der Waals surface area (Å²) in [5.41, 5.74) is 4.84. The fraction of sp³-hybridized carbons (Fsp3) is 0.176. The fourth-order valence-corrected chi connectivity index (χ4v) is 3.23. The molecule has 0 fully saturated rings. The number of ether oxygens (including phenoxy) is 2. The van der Waals surface area contributed by atoms with Crippen LogP contribution in [0.4, 0.5) is 10.1 Å². The third-order valence-electron chi connectivity index (χ3n) is 3.49. The Balaban J connectivity index is 2.36. The molecule has 1 amide bonds. The van der Waals surface area contributed by atoms with E-state index in [9.17, 15) is 22.4 Å². The molecule has 0 radical (unpaired) electrons. The van der Waals surface area contributed by atoms with Gasteiger partial charge in [0.25, 0.3) is 15.9 Å². The number of nitrogens with two attached hydrogens (primary N) is 1. The van der Waals surface area contributed by atoms with Crippen molar-refractivity contribution in [2.24, 2.45) is 5.73 Å². The van der Waals surface area contributed by atoms with E-state index in [1.807, 2.05) is 0 Å². The zero-order valence-corrected chi connectivity index (χ0v) is 15.2. The highest BCUT2D eigenvalue weighted by Gasteiger charge is 2.24. The molecule has 2 rings (SSSR count). The minimum atomic E-state index is -4.38. The number of rotatable bonds is 7. The molecule has 0 spiro atoms. The molecule has 144 valence electrons. The molecule has 27 heavy (non-hydrogen) atoms. The second kappa shape index (κ2) is 8.04. The lowest BCUT2D eigenvalue weighted by molar-refractivity contribution is -0.125. The zero-order valence-electron chi connectivity index (χ0n) is 14.4. The number of esters is 1. The lowest BCUT2D eigenvalue weighted by atomic mass is 10.2. The first-order valence-electron chi connectivity index (χ1n) is 7.61. The lowest BCUT2D eigenvalue weighted by Crippen LogP contribution is -2.30. The van der Waals surface area contributed by atoms with Gasteiger partial charge in [-0.05, 0) is 37.3 Å². The number of primary amides is 1. The van der Waals surface area contributed by atoms with Crippen LogP contribution in [0.5, 0.6) is 5.75 Å². The van der Waals surface area contributed by atoms with E-state index in [-0.39, 0.29) is 17.0 Å².